The van der Waals surface area contributed by atoms with E-state index < -0.39 is 12.8 Å². The van der Waals surface area contributed by atoms with E-state index >= 15 is 0 Å². The van der Waals surface area contributed by atoms with Gasteiger partial charge < -0.3 is 4.74 Å². The van der Waals surface area contributed by atoms with Crippen LogP contribution in [0.15, 0.2) is 12.3 Å². The molecule has 0 bridgehead atoms. The summed E-state index contributed by atoms with van der Waals surface area (Å²) in [6, 6.07) is 1.36. The first-order chi connectivity index (χ1) is 6.92. The molecule has 0 atom stereocenters. The van der Waals surface area contributed by atoms with Gasteiger partial charge in [0.05, 0.1) is 6.20 Å². The second kappa shape index (κ2) is 4.29. The van der Waals surface area contributed by atoms with Crippen LogP contribution in [0.5, 0.6) is 5.75 Å². The lowest BCUT2D eigenvalue weighted by Crippen LogP contribution is -2.19. The summed E-state index contributed by atoms with van der Waals surface area (Å²) in [6.07, 6.45) is -2.76. The molecular formula is C9H8F3NO2. The molecule has 1 heterocycles. The first-order valence-electron chi connectivity index (χ1n) is 4.04. The molecular weight excluding hydrogens is 211 g/mol. The number of carbonyl (C=O) groups is 1. The fourth-order valence-electron chi connectivity index (χ4n) is 0.940. The molecule has 1 aromatic heterocycles. The van der Waals surface area contributed by atoms with Crippen LogP contribution in [-0.4, -0.2) is 24.1 Å². The van der Waals surface area contributed by atoms with Crippen LogP contribution in [0.3, 0.4) is 0 Å². The molecule has 0 N–H and O–H groups in total. The zero-order valence-corrected chi connectivity index (χ0v) is 7.84. The smallest absolute Gasteiger partial charge is 0.422 e. The van der Waals surface area contributed by atoms with Crippen molar-refractivity contribution in [1.82, 2.24) is 4.98 Å². The highest BCUT2D eigenvalue weighted by Gasteiger charge is 2.28. The molecule has 1 aromatic rings. The van der Waals surface area contributed by atoms with Gasteiger partial charge in [0.1, 0.15) is 11.4 Å². The Labute approximate surface area is 83.9 Å². The third-order valence-corrected chi connectivity index (χ3v) is 1.60. The van der Waals surface area contributed by atoms with Gasteiger partial charge in [-0.3, -0.25) is 4.79 Å². The van der Waals surface area contributed by atoms with Crippen molar-refractivity contribution in [2.75, 3.05) is 6.61 Å². The Bertz CT molecular complexity index is 363. The van der Waals surface area contributed by atoms with Gasteiger partial charge in [-0.1, -0.05) is 0 Å². The van der Waals surface area contributed by atoms with E-state index in [2.05, 4.69) is 9.72 Å². The summed E-state index contributed by atoms with van der Waals surface area (Å²) < 4.78 is 39.9. The lowest BCUT2D eigenvalue weighted by Gasteiger charge is -2.10. The molecule has 6 heteroatoms. The maximum absolute atomic E-state index is 11.8. The van der Waals surface area contributed by atoms with Crippen molar-refractivity contribution in [2.45, 2.75) is 13.1 Å². The van der Waals surface area contributed by atoms with Gasteiger partial charge in [-0.25, -0.2) is 4.98 Å². The topological polar surface area (TPSA) is 39.2 Å². The zero-order chi connectivity index (χ0) is 11.5. The average molecular weight is 219 g/mol. The van der Waals surface area contributed by atoms with Crippen LogP contribution in [0, 0.1) is 6.92 Å². The number of hydrogen-bond acceptors (Lipinski definition) is 3. The van der Waals surface area contributed by atoms with Crippen LogP contribution in [-0.2, 0) is 0 Å². The van der Waals surface area contributed by atoms with Crippen LogP contribution < -0.4 is 4.74 Å². The number of aromatic nitrogens is 1. The van der Waals surface area contributed by atoms with Crippen LogP contribution in [0.1, 0.15) is 16.1 Å². The first-order valence-corrected chi connectivity index (χ1v) is 4.04. The van der Waals surface area contributed by atoms with Gasteiger partial charge in [0.15, 0.2) is 12.9 Å². The Kier molecular flexibility index (Phi) is 3.28. The average Bonchev–Trinajstić information content (AvgIpc) is 2.14. The minimum Gasteiger partial charge on any atom is -0.482 e. The second-order valence-electron chi connectivity index (χ2n) is 2.90. The van der Waals surface area contributed by atoms with Crippen LogP contribution in [0.4, 0.5) is 13.2 Å². The van der Waals surface area contributed by atoms with Gasteiger partial charge in [-0.2, -0.15) is 13.2 Å². The number of halogens is 3. The maximum atomic E-state index is 11.8. The molecule has 1 rings (SSSR count). The fourth-order valence-corrected chi connectivity index (χ4v) is 0.940. The monoisotopic (exact) mass is 219 g/mol. The van der Waals surface area contributed by atoms with Gasteiger partial charge in [0.2, 0.25) is 0 Å². The summed E-state index contributed by atoms with van der Waals surface area (Å²) in [7, 11) is 0. The minimum atomic E-state index is -4.38. The molecule has 0 unspecified atom stereocenters. The number of nitrogens with zero attached hydrogens (tertiary/aromatic N) is 1. The molecule has 3 nitrogen and oxygen atoms in total. The van der Waals surface area contributed by atoms with Gasteiger partial charge in [-0.15, -0.1) is 0 Å². The predicted octanol–water partition coefficient (Wildman–Crippen LogP) is 2.14. The number of rotatable bonds is 3. The van der Waals surface area contributed by atoms with E-state index in [1.54, 1.807) is 6.92 Å². The van der Waals surface area contributed by atoms with Gasteiger partial charge >= 0.3 is 6.18 Å². The number of pyridine rings is 1. The molecule has 0 aliphatic rings. The third kappa shape index (κ3) is 3.57. The summed E-state index contributed by atoms with van der Waals surface area (Å²) >= 11 is 0. The zero-order valence-electron chi connectivity index (χ0n) is 7.84. The van der Waals surface area contributed by atoms with Crippen molar-refractivity contribution in [3.63, 3.8) is 0 Å². The number of aryl methyl sites for hydroxylation is 1. The highest BCUT2D eigenvalue weighted by atomic mass is 19.4. The van der Waals surface area contributed by atoms with Crippen LogP contribution in [0.25, 0.3) is 0 Å². The second-order valence-corrected chi connectivity index (χ2v) is 2.90. The van der Waals surface area contributed by atoms with E-state index in [0.29, 0.717) is 11.8 Å². The fraction of sp³-hybridized carbons (Fsp3) is 0.333. The van der Waals surface area contributed by atoms with Crippen LogP contribution >= 0.6 is 0 Å². The Morgan fingerprint density at radius 3 is 2.67 bits per heavy atom. The van der Waals surface area contributed by atoms with Gasteiger partial charge in [-0.05, 0) is 18.6 Å². The van der Waals surface area contributed by atoms with E-state index in [0.717, 1.165) is 6.20 Å². The number of hydrogen-bond donors (Lipinski definition) is 0. The van der Waals surface area contributed by atoms with E-state index in [9.17, 15) is 18.0 Å². The van der Waals surface area contributed by atoms with Crippen molar-refractivity contribution in [1.29, 1.82) is 0 Å². The van der Waals surface area contributed by atoms with E-state index in [1.165, 1.54) is 6.07 Å². The lowest BCUT2D eigenvalue weighted by molar-refractivity contribution is -0.153. The van der Waals surface area contributed by atoms with E-state index in [1.807, 2.05) is 0 Å². The normalized spacial score (nSPS) is 11.2. The van der Waals surface area contributed by atoms with Gasteiger partial charge in [0.25, 0.3) is 0 Å². The van der Waals surface area contributed by atoms with E-state index in [-0.39, 0.29) is 11.4 Å². The molecule has 0 radical (unpaired) electrons. The van der Waals surface area contributed by atoms with Crippen molar-refractivity contribution >= 4 is 6.29 Å². The lowest BCUT2D eigenvalue weighted by atomic mass is 10.2. The highest BCUT2D eigenvalue weighted by Crippen LogP contribution is 2.20. The highest BCUT2D eigenvalue weighted by molar-refractivity contribution is 5.72. The Balaban J connectivity index is 2.74. The summed E-state index contributed by atoms with van der Waals surface area (Å²) in [5.74, 6) is 0.0259. The summed E-state index contributed by atoms with van der Waals surface area (Å²) in [4.78, 5) is 13.9. The van der Waals surface area contributed by atoms with Crippen molar-refractivity contribution in [3.8, 4) is 5.75 Å². The molecule has 82 valence electrons. The molecule has 0 spiro atoms. The minimum absolute atomic E-state index is 0.0259. The molecule has 0 amide bonds. The maximum Gasteiger partial charge on any atom is 0.422 e. The molecule has 0 aromatic carbocycles. The summed E-state index contributed by atoms with van der Waals surface area (Å²) in [5.41, 5.74) is 0.600. The Morgan fingerprint density at radius 1 is 1.53 bits per heavy atom. The molecule has 0 saturated carbocycles. The van der Waals surface area contributed by atoms with Crippen molar-refractivity contribution < 1.29 is 22.7 Å². The SMILES string of the molecule is Cc1cc(C=O)ncc1OCC(F)(F)F. The summed E-state index contributed by atoms with van der Waals surface area (Å²) in [5, 5.41) is 0. The Morgan fingerprint density at radius 2 is 2.20 bits per heavy atom. The number of alkyl halides is 3. The number of carbonyl (C=O) groups excluding carboxylic acids is 1. The number of aldehydes is 1. The molecule has 0 aliphatic carbocycles. The quantitative estimate of drug-likeness (QED) is 0.731. The first kappa shape index (κ1) is 11.5. The molecule has 0 fully saturated rings. The van der Waals surface area contributed by atoms with Crippen LogP contribution in [0.2, 0.25) is 0 Å². The molecule has 15 heavy (non-hydrogen) atoms. The standard InChI is InChI=1S/C9H8F3NO2/c1-6-2-7(4-14)13-3-8(6)15-5-9(10,11)12/h2-4H,5H2,1H3. The predicted molar refractivity (Wildman–Crippen MR) is 45.9 cm³/mol. The largest absolute Gasteiger partial charge is 0.482 e. The third-order valence-electron chi connectivity index (χ3n) is 1.60. The molecule has 0 saturated heterocycles. The Hall–Kier alpha value is -1.59. The molecule has 0 aliphatic heterocycles. The van der Waals surface area contributed by atoms with Crippen molar-refractivity contribution in [2.24, 2.45) is 0 Å². The number of ether oxygens (including phenoxy) is 1. The van der Waals surface area contributed by atoms with Crippen molar-refractivity contribution in [3.05, 3.63) is 23.5 Å². The summed E-state index contributed by atoms with van der Waals surface area (Å²) in [6.45, 7) is 0.177. The van der Waals surface area contributed by atoms with E-state index in [4.69, 9.17) is 0 Å². The van der Waals surface area contributed by atoms with Gasteiger partial charge in [0, 0.05) is 0 Å².